The van der Waals surface area contributed by atoms with Gasteiger partial charge in [0.15, 0.2) is 6.61 Å². The van der Waals surface area contributed by atoms with Crippen LogP contribution < -0.4 is 10.6 Å². The van der Waals surface area contributed by atoms with Crippen LogP contribution in [0.5, 0.6) is 0 Å². The van der Waals surface area contributed by atoms with E-state index in [2.05, 4.69) is 31.4 Å². The molecule has 2 rings (SSSR count). The highest BCUT2D eigenvalue weighted by Crippen LogP contribution is 2.46. The van der Waals surface area contributed by atoms with Gasteiger partial charge in [0.2, 0.25) is 0 Å². The molecule has 1 aliphatic carbocycles. The number of rotatable bonds is 7. The number of hydrogen-bond donors (Lipinski definition) is 2. The van der Waals surface area contributed by atoms with E-state index in [1.165, 1.54) is 0 Å². The third-order valence-electron chi connectivity index (χ3n) is 5.40. The lowest BCUT2D eigenvalue weighted by Crippen LogP contribution is -2.54. The van der Waals surface area contributed by atoms with Crippen LogP contribution in [0.3, 0.4) is 0 Å². The fraction of sp³-hybridized carbons (Fsp3) is 0.800. The molecular weight excluding hydrogens is 362 g/mol. The van der Waals surface area contributed by atoms with Crippen molar-refractivity contribution in [2.45, 2.75) is 78.3 Å². The maximum atomic E-state index is 13.0. The minimum absolute atomic E-state index is 0.00126. The Bertz CT molecular complexity index is 648. The smallest absolute Gasteiger partial charge is 0.326 e. The molecule has 0 aromatic heterocycles. The first-order valence-corrected chi connectivity index (χ1v) is 10.1. The molecule has 1 heterocycles. The monoisotopic (exact) mass is 395 g/mol. The van der Waals surface area contributed by atoms with Gasteiger partial charge in [0, 0.05) is 6.04 Å². The van der Waals surface area contributed by atoms with E-state index in [1.54, 1.807) is 0 Å². The lowest BCUT2D eigenvalue weighted by atomic mass is 9.64. The van der Waals surface area contributed by atoms with Gasteiger partial charge in [0.1, 0.15) is 12.1 Å². The zero-order valence-electron chi connectivity index (χ0n) is 17.6. The standard InChI is InChI=1S/C20H33N3O5/c1-6-7-14(3)21-15(24)11-28-16(25)10-23-17(26)20(22-18(23)27)9-13(2)8-19(4,5)12-20/h13-14H,6-12H2,1-5H3,(H,21,24)(H,22,27)/t13-,14+,20-/m1/s1. The van der Waals surface area contributed by atoms with Crippen molar-refractivity contribution in [3.8, 4) is 0 Å². The van der Waals surface area contributed by atoms with Crippen LogP contribution in [0.25, 0.3) is 0 Å². The summed E-state index contributed by atoms with van der Waals surface area (Å²) in [7, 11) is 0. The van der Waals surface area contributed by atoms with E-state index >= 15 is 0 Å². The zero-order valence-corrected chi connectivity index (χ0v) is 17.6. The Balaban J connectivity index is 1.92. The minimum atomic E-state index is -0.953. The van der Waals surface area contributed by atoms with E-state index < -0.39 is 36.6 Å². The number of esters is 1. The average molecular weight is 396 g/mol. The fourth-order valence-electron chi connectivity index (χ4n) is 4.79. The molecule has 0 bridgehead atoms. The number of carbonyl (C=O) groups excluding carboxylic acids is 4. The summed E-state index contributed by atoms with van der Waals surface area (Å²) in [6.45, 7) is 9.21. The molecule has 28 heavy (non-hydrogen) atoms. The lowest BCUT2D eigenvalue weighted by Gasteiger charge is -2.43. The van der Waals surface area contributed by atoms with Crippen molar-refractivity contribution in [2.75, 3.05) is 13.2 Å². The first-order chi connectivity index (χ1) is 13.0. The van der Waals surface area contributed by atoms with Crippen LogP contribution in [-0.2, 0) is 19.1 Å². The summed E-state index contributed by atoms with van der Waals surface area (Å²) in [6, 6.07) is -0.577. The SMILES string of the molecule is CCC[C@H](C)NC(=O)COC(=O)CN1C(=O)N[C@@]2(C[C@H](C)CC(C)(C)C2)C1=O. The Hall–Kier alpha value is -2.12. The second kappa shape index (κ2) is 8.49. The first-order valence-electron chi connectivity index (χ1n) is 10.1. The predicted molar refractivity (Wildman–Crippen MR) is 103 cm³/mol. The normalized spacial score (nSPS) is 27.5. The van der Waals surface area contributed by atoms with Gasteiger partial charge in [-0.05, 0) is 43.9 Å². The number of urea groups is 1. The number of carbonyl (C=O) groups is 4. The largest absolute Gasteiger partial charge is 0.454 e. The van der Waals surface area contributed by atoms with E-state index in [0.29, 0.717) is 12.8 Å². The third-order valence-corrected chi connectivity index (χ3v) is 5.40. The minimum Gasteiger partial charge on any atom is -0.454 e. The molecule has 8 nitrogen and oxygen atoms in total. The van der Waals surface area contributed by atoms with Gasteiger partial charge in [-0.3, -0.25) is 19.3 Å². The van der Waals surface area contributed by atoms with Gasteiger partial charge in [-0.2, -0.15) is 0 Å². The van der Waals surface area contributed by atoms with Crippen LogP contribution in [0, 0.1) is 11.3 Å². The number of amides is 4. The van der Waals surface area contributed by atoms with Crippen LogP contribution in [0.4, 0.5) is 4.79 Å². The molecule has 4 amide bonds. The number of ether oxygens (including phenoxy) is 1. The van der Waals surface area contributed by atoms with Crippen LogP contribution >= 0.6 is 0 Å². The molecule has 0 aromatic carbocycles. The molecule has 2 aliphatic rings. The van der Waals surface area contributed by atoms with Gasteiger partial charge in [0.25, 0.3) is 11.8 Å². The van der Waals surface area contributed by atoms with Crippen molar-refractivity contribution >= 4 is 23.8 Å². The van der Waals surface area contributed by atoms with Gasteiger partial charge < -0.3 is 15.4 Å². The van der Waals surface area contributed by atoms with Crippen LogP contribution in [0.1, 0.15) is 66.7 Å². The topological polar surface area (TPSA) is 105 Å². The summed E-state index contributed by atoms with van der Waals surface area (Å²) in [4.78, 5) is 50.2. The molecule has 1 saturated carbocycles. The molecule has 3 atom stereocenters. The van der Waals surface area contributed by atoms with Gasteiger partial charge >= 0.3 is 12.0 Å². The van der Waals surface area contributed by atoms with Crippen LogP contribution in [0.15, 0.2) is 0 Å². The van der Waals surface area contributed by atoms with Crippen molar-refractivity contribution in [1.29, 1.82) is 0 Å². The van der Waals surface area contributed by atoms with Crippen molar-refractivity contribution < 1.29 is 23.9 Å². The Morgan fingerprint density at radius 3 is 2.61 bits per heavy atom. The first kappa shape index (κ1) is 22.2. The molecule has 1 aliphatic heterocycles. The predicted octanol–water partition coefficient (Wildman–Crippen LogP) is 1.97. The lowest BCUT2D eigenvalue weighted by molar-refractivity contribution is -0.151. The van der Waals surface area contributed by atoms with Crippen molar-refractivity contribution in [3.63, 3.8) is 0 Å². The average Bonchev–Trinajstić information content (AvgIpc) is 2.74. The summed E-state index contributed by atoms with van der Waals surface area (Å²) in [6.07, 6.45) is 3.84. The van der Waals surface area contributed by atoms with Gasteiger partial charge in [-0.1, -0.05) is 34.1 Å². The number of hydrogen-bond acceptors (Lipinski definition) is 5. The summed E-state index contributed by atoms with van der Waals surface area (Å²) >= 11 is 0. The molecule has 8 heteroatoms. The van der Waals surface area contributed by atoms with E-state index in [1.807, 2.05) is 13.8 Å². The Morgan fingerprint density at radius 2 is 2.00 bits per heavy atom. The molecular formula is C20H33N3O5. The third kappa shape index (κ3) is 5.23. The Kier molecular flexibility index (Phi) is 6.72. The summed E-state index contributed by atoms with van der Waals surface area (Å²) in [5.74, 6) is -1.27. The highest BCUT2D eigenvalue weighted by Gasteiger charge is 2.56. The van der Waals surface area contributed by atoms with E-state index in [4.69, 9.17) is 4.74 Å². The van der Waals surface area contributed by atoms with E-state index in [-0.39, 0.29) is 23.3 Å². The zero-order chi connectivity index (χ0) is 21.1. The maximum absolute atomic E-state index is 13.0. The van der Waals surface area contributed by atoms with Crippen LogP contribution in [-0.4, -0.2) is 53.4 Å². The van der Waals surface area contributed by atoms with E-state index in [9.17, 15) is 19.2 Å². The molecule has 2 N–H and O–H groups in total. The summed E-state index contributed by atoms with van der Waals surface area (Å²) < 4.78 is 4.95. The van der Waals surface area contributed by atoms with E-state index in [0.717, 1.165) is 24.2 Å². The Labute approximate surface area is 166 Å². The molecule has 0 unspecified atom stereocenters. The highest BCUT2D eigenvalue weighted by molar-refractivity contribution is 6.08. The number of imide groups is 1. The maximum Gasteiger partial charge on any atom is 0.326 e. The molecule has 2 fully saturated rings. The molecule has 1 saturated heterocycles. The van der Waals surface area contributed by atoms with Gasteiger partial charge in [-0.15, -0.1) is 0 Å². The molecule has 0 radical (unpaired) electrons. The van der Waals surface area contributed by atoms with Crippen LogP contribution in [0.2, 0.25) is 0 Å². The summed E-state index contributed by atoms with van der Waals surface area (Å²) in [5, 5.41) is 5.55. The van der Waals surface area contributed by atoms with Gasteiger partial charge in [-0.25, -0.2) is 4.79 Å². The van der Waals surface area contributed by atoms with Crippen molar-refractivity contribution in [1.82, 2.24) is 15.5 Å². The second-order valence-electron chi connectivity index (χ2n) is 9.18. The molecule has 158 valence electrons. The van der Waals surface area contributed by atoms with Gasteiger partial charge in [0.05, 0.1) is 0 Å². The molecule has 1 spiro atoms. The number of nitrogens with one attached hydrogen (secondary N) is 2. The number of nitrogens with zero attached hydrogens (tertiary/aromatic N) is 1. The van der Waals surface area contributed by atoms with Crippen molar-refractivity contribution in [2.24, 2.45) is 11.3 Å². The fourth-order valence-corrected chi connectivity index (χ4v) is 4.79. The second-order valence-corrected chi connectivity index (χ2v) is 9.18. The molecule has 0 aromatic rings. The van der Waals surface area contributed by atoms with Crippen molar-refractivity contribution in [3.05, 3.63) is 0 Å². The Morgan fingerprint density at radius 1 is 1.32 bits per heavy atom. The summed E-state index contributed by atoms with van der Waals surface area (Å²) in [5.41, 5.74) is -1.03. The quantitative estimate of drug-likeness (QED) is 0.506. The highest BCUT2D eigenvalue weighted by atomic mass is 16.5.